The van der Waals surface area contributed by atoms with Crippen molar-refractivity contribution < 1.29 is 5.11 Å². The second kappa shape index (κ2) is 7.55. The van der Waals surface area contributed by atoms with Crippen LogP contribution in [0.4, 0.5) is 0 Å². The molecule has 2 heteroatoms. The topological polar surface area (TPSA) is 32.3 Å². The van der Waals surface area contributed by atoms with Crippen molar-refractivity contribution in [2.24, 2.45) is 5.41 Å². The number of hydrogen-bond acceptors (Lipinski definition) is 2. The smallest absolute Gasteiger partial charge is 0.0496 e. The molecule has 0 saturated heterocycles. The molecule has 0 heterocycles. The van der Waals surface area contributed by atoms with E-state index in [1.807, 2.05) is 0 Å². The summed E-state index contributed by atoms with van der Waals surface area (Å²) in [5, 5.41) is 13.1. The molecule has 0 aliphatic carbocycles. The number of hydrogen-bond donors (Lipinski definition) is 2. The van der Waals surface area contributed by atoms with E-state index in [0.717, 1.165) is 25.8 Å². The van der Waals surface area contributed by atoms with Crippen LogP contribution in [-0.2, 0) is 0 Å². The van der Waals surface area contributed by atoms with Crippen LogP contribution in [0.1, 0.15) is 51.6 Å². The molecule has 1 aromatic carbocycles. The minimum Gasteiger partial charge on any atom is -0.396 e. The van der Waals surface area contributed by atoms with E-state index in [2.05, 4.69) is 56.4 Å². The van der Waals surface area contributed by atoms with Crippen LogP contribution in [0.3, 0.4) is 0 Å². The highest BCUT2D eigenvalue weighted by molar-refractivity contribution is 5.18. The molecule has 0 amide bonds. The van der Waals surface area contributed by atoms with Crippen molar-refractivity contribution in [2.45, 2.75) is 46.1 Å². The molecule has 2 atom stereocenters. The highest BCUT2D eigenvalue weighted by atomic mass is 16.3. The molecule has 0 aliphatic heterocycles. The van der Waals surface area contributed by atoms with Gasteiger partial charge in [0.15, 0.2) is 0 Å². The molecule has 0 fully saturated rings. The van der Waals surface area contributed by atoms with Gasteiger partial charge in [-0.1, -0.05) is 57.5 Å². The van der Waals surface area contributed by atoms with E-state index in [1.54, 1.807) is 0 Å². The number of aliphatic hydroxyl groups excluding tert-OH is 1. The summed E-state index contributed by atoms with van der Waals surface area (Å²) in [6.45, 7) is 7.58. The van der Waals surface area contributed by atoms with Crippen LogP contribution in [0.15, 0.2) is 30.3 Å². The highest BCUT2D eigenvalue weighted by Gasteiger charge is 2.22. The van der Waals surface area contributed by atoms with E-state index in [1.165, 1.54) is 5.56 Å². The Balaban J connectivity index is 2.64. The van der Waals surface area contributed by atoms with Crippen LogP contribution in [0, 0.1) is 5.41 Å². The Morgan fingerprint density at radius 2 is 1.89 bits per heavy atom. The zero-order chi connectivity index (χ0) is 13.4. The molecule has 0 bridgehead atoms. The Labute approximate surface area is 111 Å². The summed E-state index contributed by atoms with van der Waals surface area (Å²) < 4.78 is 0. The zero-order valence-electron chi connectivity index (χ0n) is 11.9. The van der Waals surface area contributed by atoms with Gasteiger partial charge in [0, 0.05) is 24.6 Å². The summed E-state index contributed by atoms with van der Waals surface area (Å²) in [4.78, 5) is 0. The third-order valence-corrected chi connectivity index (χ3v) is 3.79. The Morgan fingerprint density at radius 1 is 1.22 bits per heavy atom. The van der Waals surface area contributed by atoms with Crippen LogP contribution in [0.25, 0.3) is 0 Å². The minimum atomic E-state index is -0.0131. The van der Waals surface area contributed by atoms with Gasteiger partial charge in [-0.15, -0.1) is 0 Å². The summed E-state index contributed by atoms with van der Waals surface area (Å²) >= 11 is 0. The van der Waals surface area contributed by atoms with Gasteiger partial charge < -0.3 is 10.4 Å². The molecule has 0 saturated carbocycles. The first-order valence-electron chi connectivity index (χ1n) is 7.04. The van der Waals surface area contributed by atoms with E-state index in [4.69, 9.17) is 0 Å². The average molecular weight is 249 g/mol. The van der Waals surface area contributed by atoms with E-state index >= 15 is 0 Å². The first-order chi connectivity index (χ1) is 8.65. The van der Waals surface area contributed by atoms with E-state index < -0.39 is 0 Å². The lowest BCUT2D eigenvalue weighted by Gasteiger charge is -2.29. The fourth-order valence-electron chi connectivity index (χ4n) is 2.02. The molecule has 1 aromatic rings. The van der Waals surface area contributed by atoms with Gasteiger partial charge >= 0.3 is 0 Å². The quantitative estimate of drug-likeness (QED) is 0.739. The van der Waals surface area contributed by atoms with Gasteiger partial charge in [-0.2, -0.15) is 0 Å². The summed E-state index contributed by atoms with van der Waals surface area (Å²) in [6.07, 6.45) is 3.29. The van der Waals surface area contributed by atoms with Crippen molar-refractivity contribution in [3.8, 4) is 0 Å². The first kappa shape index (κ1) is 15.2. The van der Waals surface area contributed by atoms with Crippen LogP contribution < -0.4 is 5.32 Å². The molecule has 0 radical (unpaired) electrons. The molecule has 1 rings (SSSR count). The Morgan fingerprint density at radius 3 is 2.39 bits per heavy atom. The molecule has 0 spiro atoms. The Kier molecular flexibility index (Phi) is 6.37. The Bertz CT molecular complexity index is 319. The van der Waals surface area contributed by atoms with Gasteiger partial charge in [-0.25, -0.2) is 0 Å². The van der Waals surface area contributed by atoms with Gasteiger partial charge in [0.1, 0.15) is 0 Å². The fourth-order valence-corrected chi connectivity index (χ4v) is 2.02. The summed E-state index contributed by atoms with van der Waals surface area (Å²) in [5.74, 6) is 0. The lowest BCUT2D eigenvalue weighted by Crippen LogP contribution is -2.36. The second-order valence-corrected chi connectivity index (χ2v) is 5.46. The predicted octanol–water partition coefficient (Wildman–Crippen LogP) is 3.53. The molecule has 0 aromatic heterocycles. The monoisotopic (exact) mass is 249 g/mol. The zero-order valence-corrected chi connectivity index (χ0v) is 11.9. The lowest BCUT2D eigenvalue weighted by atomic mass is 9.88. The van der Waals surface area contributed by atoms with Crippen molar-refractivity contribution in [1.29, 1.82) is 0 Å². The standard InChI is InChI=1S/C16H27NO/c1-4-9-15(14-10-7-6-8-11-14)17-12-16(3,5-2)13-18/h6-8,10-11,15,17-18H,4-5,9,12-13H2,1-3H3. The highest BCUT2D eigenvalue weighted by Crippen LogP contribution is 2.23. The summed E-state index contributed by atoms with van der Waals surface area (Å²) in [5.41, 5.74) is 1.33. The minimum absolute atomic E-state index is 0.0131. The Hall–Kier alpha value is -0.860. The SMILES string of the molecule is CCCC(NCC(C)(CC)CO)c1ccccc1. The van der Waals surface area contributed by atoms with E-state index in [-0.39, 0.29) is 12.0 Å². The maximum absolute atomic E-state index is 9.46. The van der Waals surface area contributed by atoms with Crippen LogP contribution in [-0.4, -0.2) is 18.3 Å². The van der Waals surface area contributed by atoms with Crippen LogP contribution in [0.2, 0.25) is 0 Å². The van der Waals surface area contributed by atoms with Crippen molar-refractivity contribution in [3.05, 3.63) is 35.9 Å². The molecule has 2 N–H and O–H groups in total. The fraction of sp³-hybridized carbons (Fsp3) is 0.625. The third kappa shape index (κ3) is 4.43. The average Bonchev–Trinajstić information content (AvgIpc) is 2.44. The lowest BCUT2D eigenvalue weighted by molar-refractivity contribution is 0.131. The molecule has 102 valence electrons. The van der Waals surface area contributed by atoms with Crippen LogP contribution in [0.5, 0.6) is 0 Å². The largest absolute Gasteiger partial charge is 0.396 e. The number of nitrogens with one attached hydrogen (secondary N) is 1. The predicted molar refractivity (Wildman–Crippen MR) is 77.6 cm³/mol. The van der Waals surface area contributed by atoms with E-state index in [9.17, 15) is 5.11 Å². The van der Waals surface area contributed by atoms with Gasteiger partial charge in [0.05, 0.1) is 0 Å². The summed E-state index contributed by atoms with van der Waals surface area (Å²) in [7, 11) is 0. The van der Waals surface area contributed by atoms with Crippen molar-refractivity contribution in [2.75, 3.05) is 13.2 Å². The number of rotatable bonds is 8. The van der Waals surface area contributed by atoms with E-state index in [0.29, 0.717) is 6.04 Å². The van der Waals surface area contributed by atoms with Crippen molar-refractivity contribution in [1.82, 2.24) is 5.32 Å². The molecular weight excluding hydrogens is 222 g/mol. The molecule has 0 aliphatic rings. The van der Waals surface area contributed by atoms with Crippen molar-refractivity contribution in [3.63, 3.8) is 0 Å². The van der Waals surface area contributed by atoms with Crippen molar-refractivity contribution >= 4 is 0 Å². The second-order valence-electron chi connectivity index (χ2n) is 5.46. The normalized spacial score (nSPS) is 16.2. The van der Waals surface area contributed by atoms with Gasteiger partial charge in [-0.3, -0.25) is 0 Å². The van der Waals surface area contributed by atoms with Gasteiger partial charge in [-0.05, 0) is 18.4 Å². The molecule has 18 heavy (non-hydrogen) atoms. The molecule has 2 unspecified atom stereocenters. The molecule has 2 nitrogen and oxygen atoms in total. The summed E-state index contributed by atoms with van der Waals surface area (Å²) in [6, 6.07) is 11.0. The maximum Gasteiger partial charge on any atom is 0.0496 e. The van der Waals surface area contributed by atoms with Gasteiger partial charge in [0.25, 0.3) is 0 Å². The van der Waals surface area contributed by atoms with Crippen LogP contribution >= 0.6 is 0 Å². The maximum atomic E-state index is 9.46. The number of benzene rings is 1. The number of aliphatic hydroxyl groups is 1. The third-order valence-electron chi connectivity index (χ3n) is 3.79. The first-order valence-corrected chi connectivity index (χ1v) is 7.04. The van der Waals surface area contributed by atoms with Gasteiger partial charge in [0.2, 0.25) is 0 Å². The molecular formula is C16H27NO.